The van der Waals surface area contributed by atoms with E-state index in [1.165, 1.54) is 43.4 Å². The molecule has 1 heterocycles. The Morgan fingerprint density at radius 2 is 1.62 bits per heavy atom. The lowest BCUT2D eigenvalue weighted by atomic mass is 10.1. The van der Waals surface area contributed by atoms with Crippen molar-refractivity contribution in [3.05, 3.63) is 22.4 Å². The summed E-state index contributed by atoms with van der Waals surface area (Å²) in [7, 11) is 0. The molecule has 1 aromatic heterocycles. The summed E-state index contributed by atoms with van der Waals surface area (Å²) in [5.74, 6) is 0.311. The molecule has 0 N–H and O–H groups in total. The minimum Gasteiger partial charge on any atom is -0.342 e. The van der Waals surface area contributed by atoms with Crippen LogP contribution >= 0.6 is 11.3 Å². The van der Waals surface area contributed by atoms with Gasteiger partial charge in [-0.05, 0) is 24.3 Å². The Balaban J connectivity index is 2.38. The fourth-order valence-corrected chi connectivity index (χ4v) is 3.19. The van der Waals surface area contributed by atoms with Gasteiger partial charge < -0.3 is 4.90 Å². The second-order valence-corrected chi connectivity index (χ2v) is 6.79. The summed E-state index contributed by atoms with van der Waals surface area (Å²) in [5, 5.41) is 2.05. The Morgan fingerprint density at radius 3 is 2.10 bits per heavy atom. The van der Waals surface area contributed by atoms with E-state index in [9.17, 15) is 4.79 Å². The van der Waals surface area contributed by atoms with Crippen LogP contribution in [0.2, 0.25) is 0 Å². The van der Waals surface area contributed by atoms with Crippen molar-refractivity contribution >= 4 is 17.2 Å². The quantitative estimate of drug-likeness (QED) is 0.481. The van der Waals surface area contributed by atoms with Crippen LogP contribution in [0.15, 0.2) is 17.5 Å². The van der Waals surface area contributed by atoms with Crippen molar-refractivity contribution in [2.24, 2.45) is 0 Å². The van der Waals surface area contributed by atoms with Crippen LogP contribution in [-0.4, -0.2) is 23.9 Å². The van der Waals surface area contributed by atoms with E-state index in [2.05, 4.69) is 30.2 Å². The molecule has 0 bridgehead atoms. The minimum atomic E-state index is 0.311. The van der Waals surface area contributed by atoms with Gasteiger partial charge in [0, 0.05) is 18.0 Å². The lowest BCUT2D eigenvalue weighted by Gasteiger charge is -2.22. The lowest BCUT2D eigenvalue weighted by molar-refractivity contribution is -0.130. The highest BCUT2D eigenvalue weighted by Gasteiger charge is 2.13. The van der Waals surface area contributed by atoms with Crippen LogP contribution in [0.1, 0.15) is 70.1 Å². The molecule has 0 fully saturated rings. The molecule has 0 aliphatic rings. The number of rotatable bonds is 12. The molecule has 0 atom stereocenters. The second-order valence-electron chi connectivity index (χ2n) is 5.76. The van der Waals surface area contributed by atoms with Crippen LogP contribution in [0, 0.1) is 0 Å². The molecule has 0 radical (unpaired) electrons. The molecule has 1 rings (SSSR count). The van der Waals surface area contributed by atoms with Gasteiger partial charge in [0.05, 0.1) is 6.42 Å². The normalized spacial score (nSPS) is 10.8. The number of nitrogens with zero attached hydrogens (tertiary/aromatic N) is 1. The average Bonchev–Trinajstić information content (AvgIpc) is 2.98. The van der Waals surface area contributed by atoms with Gasteiger partial charge in [0.15, 0.2) is 0 Å². The molecule has 0 saturated heterocycles. The highest BCUT2D eigenvalue weighted by atomic mass is 32.1. The summed E-state index contributed by atoms with van der Waals surface area (Å²) in [6.45, 7) is 6.33. The number of amides is 1. The third-order valence-corrected chi connectivity index (χ3v) is 4.70. The highest BCUT2D eigenvalue weighted by Crippen LogP contribution is 2.12. The summed E-state index contributed by atoms with van der Waals surface area (Å²) >= 11 is 1.69. The summed E-state index contributed by atoms with van der Waals surface area (Å²) in [6, 6.07) is 4.09. The minimum absolute atomic E-state index is 0.311. The van der Waals surface area contributed by atoms with Gasteiger partial charge in [0.25, 0.3) is 0 Å². The van der Waals surface area contributed by atoms with Crippen molar-refractivity contribution in [1.29, 1.82) is 0 Å². The zero-order valence-electron chi connectivity index (χ0n) is 13.8. The summed E-state index contributed by atoms with van der Waals surface area (Å²) in [4.78, 5) is 15.8. The first-order valence-electron chi connectivity index (χ1n) is 8.58. The average molecular weight is 310 g/mol. The maximum Gasteiger partial charge on any atom is 0.227 e. The Bertz CT molecular complexity index is 349. The molecule has 0 aliphatic heterocycles. The van der Waals surface area contributed by atoms with Crippen LogP contribution in [0.25, 0.3) is 0 Å². The van der Waals surface area contributed by atoms with Gasteiger partial charge in [-0.25, -0.2) is 0 Å². The van der Waals surface area contributed by atoms with Crippen LogP contribution in [0.3, 0.4) is 0 Å². The predicted molar refractivity (Wildman–Crippen MR) is 92.9 cm³/mol. The Hall–Kier alpha value is -0.830. The number of unbranched alkanes of at least 4 members (excludes halogenated alkanes) is 6. The van der Waals surface area contributed by atoms with E-state index in [1.807, 2.05) is 6.07 Å². The Labute approximate surface area is 134 Å². The molecule has 0 saturated carbocycles. The van der Waals surface area contributed by atoms with Crippen molar-refractivity contribution in [1.82, 2.24) is 4.90 Å². The molecule has 21 heavy (non-hydrogen) atoms. The van der Waals surface area contributed by atoms with Gasteiger partial charge in [-0.2, -0.15) is 0 Å². The molecular formula is C18H31NOS. The van der Waals surface area contributed by atoms with Crippen LogP contribution in [0.5, 0.6) is 0 Å². The Kier molecular flexibility index (Phi) is 10.2. The molecule has 0 aliphatic carbocycles. The van der Waals surface area contributed by atoms with Crippen LogP contribution in [0.4, 0.5) is 0 Å². The zero-order valence-corrected chi connectivity index (χ0v) is 14.6. The van der Waals surface area contributed by atoms with E-state index >= 15 is 0 Å². The Morgan fingerprint density at radius 1 is 1.00 bits per heavy atom. The fourth-order valence-electron chi connectivity index (χ4n) is 2.49. The number of thiophene rings is 1. The van der Waals surface area contributed by atoms with E-state index in [0.29, 0.717) is 12.3 Å². The second kappa shape index (κ2) is 11.8. The number of hydrogen-bond acceptors (Lipinski definition) is 2. The first-order valence-corrected chi connectivity index (χ1v) is 9.46. The van der Waals surface area contributed by atoms with Crippen molar-refractivity contribution in [3.8, 4) is 0 Å². The van der Waals surface area contributed by atoms with Gasteiger partial charge >= 0.3 is 0 Å². The number of carbonyl (C=O) groups excluding carboxylic acids is 1. The third kappa shape index (κ3) is 8.25. The third-order valence-electron chi connectivity index (χ3n) is 3.82. The molecule has 1 aromatic rings. The summed E-state index contributed by atoms with van der Waals surface area (Å²) in [5.41, 5.74) is 0. The highest BCUT2D eigenvalue weighted by molar-refractivity contribution is 7.10. The van der Waals surface area contributed by atoms with Gasteiger partial charge in [0.2, 0.25) is 5.91 Å². The number of hydrogen-bond donors (Lipinski definition) is 0. The molecule has 120 valence electrons. The maximum absolute atomic E-state index is 12.5. The zero-order chi connectivity index (χ0) is 15.3. The predicted octanol–water partition coefficient (Wildman–Crippen LogP) is 5.28. The fraction of sp³-hybridized carbons (Fsp3) is 0.722. The van der Waals surface area contributed by atoms with Gasteiger partial charge in [-0.1, -0.05) is 58.4 Å². The van der Waals surface area contributed by atoms with Crippen molar-refractivity contribution in [2.45, 2.75) is 71.6 Å². The van der Waals surface area contributed by atoms with Crippen LogP contribution in [-0.2, 0) is 11.2 Å². The first-order chi connectivity index (χ1) is 10.3. The molecule has 1 amide bonds. The standard InChI is InChI=1S/C18H31NOS/c1-3-5-7-9-13-19(14-10-8-6-4-2)18(20)16-17-12-11-15-21-17/h11-12,15H,3-10,13-14,16H2,1-2H3. The molecule has 0 unspecified atom stereocenters. The van der Waals surface area contributed by atoms with Gasteiger partial charge in [-0.3, -0.25) is 4.79 Å². The smallest absolute Gasteiger partial charge is 0.227 e. The maximum atomic E-state index is 12.5. The monoisotopic (exact) mass is 309 g/mol. The molecule has 0 aromatic carbocycles. The SMILES string of the molecule is CCCCCCN(CCCCCC)C(=O)Cc1cccs1. The summed E-state index contributed by atoms with van der Waals surface area (Å²) < 4.78 is 0. The van der Waals surface area contributed by atoms with Crippen molar-refractivity contribution in [2.75, 3.05) is 13.1 Å². The van der Waals surface area contributed by atoms with Gasteiger partial charge in [-0.15, -0.1) is 11.3 Å². The first kappa shape index (κ1) is 18.2. The lowest BCUT2D eigenvalue weighted by Crippen LogP contribution is -2.34. The van der Waals surface area contributed by atoms with E-state index < -0.39 is 0 Å². The number of carbonyl (C=O) groups is 1. The molecular weight excluding hydrogens is 278 g/mol. The van der Waals surface area contributed by atoms with E-state index in [0.717, 1.165) is 25.9 Å². The van der Waals surface area contributed by atoms with Gasteiger partial charge in [0.1, 0.15) is 0 Å². The van der Waals surface area contributed by atoms with Crippen LogP contribution < -0.4 is 0 Å². The van der Waals surface area contributed by atoms with Crippen molar-refractivity contribution < 1.29 is 4.79 Å². The topological polar surface area (TPSA) is 20.3 Å². The van der Waals surface area contributed by atoms with E-state index in [1.54, 1.807) is 11.3 Å². The van der Waals surface area contributed by atoms with E-state index in [-0.39, 0.29) is 0 Å². The molecule has 2 nitrogen and oxygen atoms in total. The largest absolute Gasteiger partial charge is 0.342 e. The van der Waals surface area contributed by atoms with Crippen molar-refractivity contribution in [3.63, 3.8) is 0 Å². The molecule has 0 spiro atoms. The molecule has 3 heteroatoms. The summed E-state index contributed by atoms with van der Waals surface area (Å²) in [6.07, 6.45) is 10.4. The van der Waals surface area contributed by atoms with E-state index in [4.69, 9.17) is 0 Å².